The second-order valence-corrected chi connectivity index (χ2v) is 5.33. The monoisotopic (exact) mass is 283 g/mol. The van der Waals surface area contributed by atoms with Gasteiger partial charge in [-0.15, -0.1) is 5.10 Å². The fraction of sp³-hybridized carbons (Fsp3) is 0.0667. The van der Waals surface area contributed by atoms with Crippen LogP contribution in [0.1, 0.15) is 5.56 Å². The minimum Gasteiger partial charge on any atom is -0.303 e. The molecule has 2 aromatic carbocycles. The minimum atomic E-state index is -0.0219. The Kier molecular flexibility index (Phi) is 3.43. The third-order valence-electron chi connectivity index (χ3n) is 2.99. The lowest BCUT2D eigenvalue weighted by molar-refractivity contribution is -0.116. The van der Waals surface area contributed by atoms with Gasteiger partial charge >= 0.3 is 0 Å². The third-order valence-corrected chi connectivity index (χ3v) is 3.87. The fourth-order valence-corrected chi connectivity index (χ4v) is 2.69. The molecule has 1 aliphatic rings. The first-order chi connectivity index (χ1) is 9.74. The topological polar surface area (TPSA) is 53.5 Å². The van der Waals surface area contributed by atoms with E-state index in [-0.39, 0.29) is 5.91 Å². The number of amidine groups is 1. The average Bonchev–Trinajstić information content (AvgIpc) is 2.90. The van der Waals surface area contributed by atoms with E-state index in [9.17, 15) is 4.79 Å². The smallest absolute Gasteiger partial charge is 0.236 e. The molecule has 2 aromatic rings. The van der Waals surface area contributed by atoms with E-state index in [2.05, 4.69) is 40.6 Å². The summed E-state index contributed by atoms with van der Waals surface area (Å²) in [5.74, 6) is 0.396. The number of hydrogen-bond acceptors (Lipinski definition) is 4. The van der Waals surface area contributed by atoms with Gasteiger partial charge in [0.25, 0.3) is 0 Å². The summed E-state index contributed by atoms with van der Waals surface area (Å²) in [7, 11) is 0. The van der Waals surface area contributed by atoms with Gasteiger partial charge in [0.15, 0.2) is 5.17 Å². The average molecular weight is 283 g/mol. The number of carbonyl (C=O) groups is 1. The molecule has 100 valence electrons. The van der Waals surface area contributed by atoms with Crippen LogP contribution in [-0.4, -0.2) is 16.8 Å². The molecule has 0 bridgehead atoms. The molecule has 0 atom stereocenters. The Balaban J connectivity index is 1.84. The number of benzene rings is 2. The number of fused-ring (bicyclic) bond motifs is 1. The lowest BCUT2D eigenvalue weighted by atomic mass is 10.0. The number of thioether (sulfide) groups is 1. The van der Waals surface area contributed by atoms with Crippen molar-refractivity contribution in [3.05, 3.63) is 54.6 Å². The summed E-state index contributed by atoms with van der Waals surface area (Å²) in [5, 5.41) is 9.68. The van der Waals surface area contributed by atoms with Crippen LogP contribution in [0.25, 0.3) is 16.5 Å². The number of rotatable bonds is 3. The highest BCUT2D eigenvalue weighted by molar-refractivity contribution is 8.15. The molecular formula is C15H13N3OS. The van der Waals surface area contributed by atoms with Gasteiger partial charge in [-0.1, -0.05) is 60.8 Å². The van der Waals surface area contributed by atoms with E-state index in [1.165, 1.54) is 11.8 Å². The molecule has 0 radical (unpaired) electrons. The predicted octanol–water partition coefficient (Wildman–Crippen LogP) is 2.53. The van der Waals surface area contributed by atoms with Gasteiger partial charge in [0.2, 0.25) is 5.91 Å². The van der Waals surface area contributed by atoms with Crippen LogP contribution in [0.3, 0.4) is 0 Å². The molecule has 1 fully saturated rings. The lowest BCUT2D eigenvalue weighted by Gasteiger charge is -2.09. The second-order valence-electron chi connectivity index (χ2n) is 4.37. The van der Waals surface area contributed by atoms with Crippen molar-refractivity contribution in [1.29, 1.82) is 0 Å². The van der Waals surface area contributed by atoms with E-state index in [0.29, 0.717) is 16.6 Å². The molecule has 1 amide bonds. The van der Waals surface area contributed by atoms with E-state index in [0.717, 1.165) is 16.3 Å². The second kappa shape index (κ2) is 5.38. The highest BCUT2D eigenvalue weighted by Crippen LogP contribution is 2.22. The SMILES string of the molecule is C=C(N/N=C1/NC(=O)CS1)c1cccc2ccccc12. The molecule has 0 aliphatic carbocycles. The van der Waals surface area contributed by atoms with Gasteiger partial charge in [0.05, 0.1) is 11.4 Å². The van der Waals surface area contributed by atoms with Gasteiger partial charge in [-0.05, 0) is 10.8 Å². The molecule has 4 nitrogen and oxygen atoms in total. The maximum atomic E-state index is 11.1. The number of nitrogens with one attached hydrogen (secondary N) is 2. The Labute approximate surface area is 120 Å². The van der Waals surface area contributed by atoms with Crippen molar-refractivity contribution in [2.45, 2.75) is 0 Å². The van der Waals surface area contributed by atoms with Gasteiger partial charge < -0.3 is 5.32 Å². The Hall–Kier alpha value is -2.27. The highest BCUT2D eigenvalue weighted by Gasteiger charge is 2.16. The van der Waals surface area contributed by atoms with Gasteiger partial charge in [0, 0.05) is 5.56 Å². The van der Waals surface area contributed by atoms with Crippen LogP contribution in [0.2, 0.25) is 0 Å². The van der Waals surface area contributed by atoms with E-state index in [1.807, 2.05) is 24.3 Å². The van der Waals surface area contributed by atoms with Crippen LogP contribution in [-0.2, 0) is 4.79 Å². The molecule has 0 spiro atoms. The molecule has 1 heterocycles. The Morgan fingerprint density at radius 2 is 2.05 bits per heavy atom. The van der Waals surface area contributed by atoms with Crippen LogP contribution in [0.4, 0.5) is 0 Å². The van der Waals surface area contributed by atoms with Gasteiger partial charge in [-0.3, -0.25) is 10.2 Å². The molecular weight excluding hydrogens is 270 g/mol. The summed E-state index contributed by atoms with van der Waals surface area (Å²) in [6.07, 6.45) is 0. The molecule has 1 aliphatic heterocycles. The normalized spacial score (nSPS) is 16.4. The molecule has 20 heavy (non-hydrogen) atoms. The van der Waals surface area contributed by atoms with Gasteiger partial charge in [-0.25, -0.2) is 0 Å². The van der Waals surface area contributed by atoms with Crippen LogP contribution < -0.4 is 10.7 Å². The van der Waals surface area contributed by atoms with Crippen molar-refractivity contribution in [1.82, 2.24) is 10.7 Å². The highest BCUT2D eigenvalue weighted by atomic mass is 32.2. The van der Waals surface area contributed by atoms with Gasteiger partial charge in [0.1, 0.15) is 0 Å². The Morgan fingerprint density at radius 1 is 1.25 bits per heavy atom. The quantitative estimate of drug-likeness (QED) is 0.851. The van der Waals surface area contributed by atoms with Crippen LogP contribution in [0.15, 0.2) is 54.1 Å². The predicted molar refractivity (Wildman–Crippen MR) is 84.2 cm³/mol. The largest absolute Gasteiger partial charge is 0.303 e. The Bertz CT molecular complexity index is 719. The lowest BCUT2D eigenvalue weighted by Crippen LogP contribution is -2.22. The molecule has 0 saturated carbocycles. The molecule has 1 saturated heterocycles. The van der Waals surface area contributed by atoms with Crippen molar-refractivity contribution >= 4 is 39.3 Å². The van der Waals surface area contributed by atoms with E-state index in [4.69, 9.17) is 0 Å². The fourth-order valence-electron chi connectivity index (χ4n) is 2.05. The van der Waals surface area contributed by atoms with Crippen LogP contribution in [0, 0.1) is 0 Å². The maximum absolute atomic E-state index is 11.1. The number of carbonyl (C=O) groups excluding carboxylic acids is 1. The summed E-state index contributed by atoms with van der Waals surface area (Å²) in [6, 6.07) is 14.2. The van der Waals surface area contributed by atoms with Crippen LogP contribution in [0.5, 0.6) is 0 Å². The summed E-state index contributed by atoms with van der Waals surface area (Å²) in [4.78, 5) is 11.1. The van der Waals surface area contributed by atoms with Crippen molar-refractivity contribution in [3.63, 3.8) is 0 Å². The van der Waals surface area contributed by atoms with Crippen molar-refractivity contribution in [3.8, 4) is 0 Å². The first kappa shape index (κ1) is 12.7. The van der Waals surface area contributed by atoms with Crippen molar-refractivity contribution in [2.24, 2.45) is 5.10 Å². The van der Waals surface area contributed by atoms with E-state index < -0.39 is 0 Å². The summed E-state index contributed by atoms with van der Waals surface area (Å²) in [6.45, 7) is 4.01. The first-order valence-corrected chi connectivity index (χ1v) is 7.16. The zero-order valence-electron chi connectivity index (χ0n) is 10.7. The summed E-state index contributed by atoms with van der Waals surface area (Å²) < 4.78 is 0. The van der Waals surface area contributed by atoms with Crippen LogP contribution >= 0.6 is 11.8 Å². The van der Waals surface area contributed by atoms with Crippen molar-refractivity contribution in [2.75, 3.05) is 5.75 Å². The van der Waals surface area contributed by atoms with E-state index >= 15 is 0 Å². The number of amides is 1. The zero-order chi connectivity index (χ0) is 13.9. The van der Waals surface area contributed by atoms with Crippen molar-refractivity contribution < 1.29 is 4.79 Å². The molecule has 5 heteroatoms. The third kappa shape index (κ3) is 2.53. The molecule has 2 N–H and O–H groups in total. The molecule has 0 unspecified atom stereocenters. The maximum Gasteiger partial charge on any atom is 0.236 e. The standard InChI is InChI=1S/C15H13N3OS/c1-10(17-18-15-16-14(19)9-20-15)12-8-4-6-11-5-2-3-7-13(11)12/h2-8,17H,1,9H2,(H,16,18,19). The minimum absolute atomic E-state index is 0.0219. The zero-order valence-corrected chi connectivity index (χ0v) is 11.5. The molecule has 0 aromatic heterocycles. The first-order valence-electron chi connectivity index (χ1n) is 6.17. The molecule has 3 rings (SSSR count). The summed E-state index contributed by atoms with van der Waals surface area (Å²) >= 11 is 1.38. The number of hydrazone groups is 1. The number of hydrogen-bond donors (Lipinski definition) is 2. The van der Waals surface area contributed by atoms with E-state index in [1.54, 1.807) is 0 Å². The van der Waals surface area contributed by atoms with Gasteiger partial charge in [-0.2, -0.15) is 0 Å². The Morgan fingerprint density at radius 3 is 2.85 bits per heavy atom. The number of nitrogens with zero attached hydrogens (tertiary/aromatic N) is 1. The summed E-state index contributed by atoms with van der Waals surface area (Å²) in [5.41, 5.74) is 4.62.